The summed E-state index contributed by atoms with van der Waals surface area (Å²) in [4.78, 5) is 47.4. The first-order valence-electron chi connectivity index (χ1n) is 17.7. The number of nitrogens with one attached hydrogen (secondary N) is 3. The minimum atomic E-state index is -0.762. The summed E-state index contributed by atoms with van der Waals surface area (Å²) in [6, 6.07) is 16.9. The molecule has 0 radical (unpaired) electrons. The van der Waals surface area contributed by atoms with Gasteiger partial charge in [-0.3, -0.25) is 19.3 Å². The molecule has 3 aliphatic rings. The minimum absolute atomic E-state index is 0.0757. The van der Waals surface area contributed by atoms with Gasteiger partial charge in [-0.25, -0.2) is 4.98 Å². The van der Waals surface area contributed by atoms with Crippen LogP contribution in [0.4, 0.5) is 5.82 Å². The summed E-state index contributed by atoms with van der Waals surface area (Å²) >= 11 is 13.6. The van der Waals surface area contributed by atoms with Crippen molar-refractivity contribution in [3.8, 4) is 22.9 Å². The molecule has 276 valence electrons. The second-order valence-corrected chi connectivity index (χ2v) is 14.4. The Morgan fingerprint density at radius 2 is 1.87 bits per heavy atom. The van der Waals surface area contributed by atoms with Gasteiger partial charge in [0.05, 0.1) is 23.6 Å². The molecular weight excluding hydrogens is 719 g/mol. The summed E-state index contributed by atoms with van der Waals surface area (Å²) in [5.74, 6) is -0.336. The van der Waals surface area contributed by atoms with E-state index in [2.05, 4.69) is 30.8 Å². The molecular formula is C39H40Cl2N6O6. The number of methoxy groups -OCH3 is 1. The van der Waals surface area contributed by atoms with E-state index in [-0.39, 0.29) is 35.8 Å². The van der Waals surface area contributed by atoms with Gasteiger partial charge in [-0.05, 0) is 72.7 Å². The number of likely N-dealkylation sites (tertiary alicyclic amines) is 1. The Labute approximate surface area is 317 Å². The third kappa shape index (κ3) is 8.26. The van der Waals surface area contributed by atoms with Crippen molar-refractivity contribution in [1.82, 2.24) is 25.5 Å². The number of benzene rings is 2. The number of pyridine rings is 2. The van der Waals surface area contributed by atoms with Gasteiger partial charge in [0, 0.05) is 56.0 Å². The predicted molar refractivity (Wildman–Crippen MR) is 200 cm³/mol. The van der Waals surface area contributed by atoms with E-state index in [1.54, 1.807) is 31.5 Å². The molecule has 12 nitrogen and oxygen atoms in total. The Morgan fingerprint density at radius 3 is 2.60 bits per heavy atom. The molecule has 14 heteroatoms. The smallest absolute Gasteiger partial charge is 0.307 e. The molecule has 2 amide bonds. The fraction of sp³-hybridized carbons (Fsp3) is 0.359. The number of halogens is 2. The van der Waals surface area contributed by atoms with Crippen LogP contribution in [-0.2, 0) is 29.1 Å². The predicted octanol–water partition coefficient (Wildman–Crippen LogP) is 6.05. The van der Waals surface area contributed by atoms with E-state index < -0.39 is 5.97 Å². The van der Waals surface area contributed by atoms with Crippen LogP contribution in [0.25, 0.3) is 11.1 Å². The lowest BCUT2D eigenvalue weighted by Gasteiger charge is -2.18. The number of carboxylic acid groups (broad SMARTS) is 1. The van der Waals surface area contributed by atoms with Crippen molar-refractivity contribution in [2.24, 2.45) is 5.92 Å². The SMILES string of the molecule is COc1nc(O[C@H]2CCc3c(-c4cccc(C(=O)Nc5ccc(CN6CCC(C(=O)O)C6)cn5)c4Cl)cccc32)c(Cl)cc1CNCC1CCC(=O)N1. The number of hydrogen-bond acceptors (Lipinski definition) is 9. The van der Waals surface area contributed by atoms with Gasteiger partial charge in [0.1, 0.15) is 16.9 Å². The number of carbonyl (C=O) groups is 3. The van der Waals surface area contributed by atoms with Crippen LogP contribution in [0, 0.1) is 5.92 Å². The average molecular weight is 760 g/mol. The molecule has 0 bridgehead atoms. The molecule has 7 rings (SSSR count). The monoisotopic (exact) mass is 758 g/mol. The van der Waals surface area contributed by atoms with E-state index in [1.807, 2.05) is 36.4 Å². The Hall–Kier alpha value is -4.75. The number of amides is 2. The van der Waals surface area contributed by atoms with E-state index in [1.165, 1.54) is 0 Å². The Kier molecular flexibility index (Phi) is 11.1. The number of carboxylic acids is 1. The van der Waals surface area contributed by atoms with Gasteiger partial charge < -0.3 is 30.5 Å². The Bertz CT molecular complexity index is 2030. The van der Waals surface area contributed by atoms with Gasteiger partial charge in [0.2, 0.25) is 17.7 Å². The molecule has 2 aromatic heterocycles. The van der Waals surface area contributed by atoms with Crippen LogP contribution in [-0.4, -0.2) is 70.5 Å². The molecule has 0 spiro atoms. The van der Waals surface area contributed by atoms with Gasteiger partial charge >= 0.3 is 5.97 Å². The van der Waals surface area contributed by atoms with Crippen LogP contribution in [0.3, 0.4) is 0 Å². The molecule has 2 saturated heterocycles. The number of hydrogen-bond donors (Lipinski definition) is 4. The van der Waals surface area contributed by atoms with Crippen molar-refractivity contribution in [2.75, 3.05) is 32.1 Å². The van der Waals surface area contributed by atoms with Crippen LogP contribution < -0.4 is 25.4 Å². The molecule has 3 atom stereocenters. The topological polar surface area (TPSA) is 155 Å². The van der Waals surface area contributed by atoms with Gasteiger partial charge in [0.15, 0.2) is 0 Å². The van der Waals surface area contributed by atoms with E-state index in [4.69, 9.17) is 32.7 Å². The van der Waals surface area contributed by atoms with Crippen LogP contribution in [0.5, 0.6) is 11.8 Å². The maximum absolute atomic E-state index is 13.4. The lowest BCUT2D eigenvalue weighted by atomic mass is 9.95. The molecule has 2 aliphatic heterocycles. The largest absolute Gasteiger partial charge is 0.481 e. The highest BCUT2D eigenvalue weighted by Gasteiger charge is 2.30. The molecule has 53 heavy (non-hydrogen) atoms. The zero-order valence-corrected chi connectivity index (χ0v) is 30.7. The maximum Gasteiger partial charge on any atom is 0.307 e. The Balaban J connectivity index is 1.02. The summed E-state index contributed by atoms with van der Waals surface area (Å²) < 4.78 is 12.0. The highest BCUT2D eigenvalue weighted by Crippen LogP contribution is 2.43. The summed E-state index contributed by atoms with van der Waals surface area (Å²) in [5, 5.41) is 19.1. The van der Waals surface area contributed by atoms with Gasteiger partial charge in [-0.15, -0.1) is 0 Å². The normalized spacial score (nSPS) is 19.5. The number of carbonyl (C=O) groups excluding carboxylic acids is 2. The van der Waals surface area contributed by atoms with E-state index in [9.17, 15) is 19.5 Å². The molecule has 2 unspecified atom stereocenters. The van der Waals surface area contributed by atoms with E-state index in [0.717, 1.165) is 52.8 Å². The van der Waals surface area contributed by atoms with Crippen molar-refractivity contribution >= 4 is 46.8 Å². The van der Waals surface area contributed by atoms with Crippen LogP contribution in [0.15, 0.2) is 60.8 Å². The summed E-state index contributed by atoms with van der Waals surface area (Å²) in [6.45, 7) is 2.93. The second kappa shape index (κ2) is 16.1. The van der Waals surface area contributed by atoms with E-state index >= 15 is 0 Å². The van der Waals surface area contributed by atoms with Crippen molar-refractivity contribution in [3.05, 3.63) is 98.7 Å². The maximum atomic E-state index is 13.4. The lowest BCUT2D eigenvalue weighted by Crippen LogP contribution is -2.35. The zero-order chi connectivity index (χ0) is 37.1. The highest BCUT2D eigenvalue weighted by molar-refractivity contribution is 6.37. The Morgan fingerprint density at radius 1 is 1.04 bits per heavy atom. The summed E-state index contributed by atoms with van der Waals surface area (Å²) in [7, 11) is 1.55. The highest BCUT2D eigenvalue weighted by atomic mass is 35.5. The van der Waals surface area contributed by atoms with Crippen molar-refractivity contribution in [3.63, 3.8) is 0 Å². The number of fused-ring (bicyclic) bond motifs is 1. The summed E-state index contributed by atoms with van der Waals surface area (Å²) in [6.07, 6.45) is 4.80. The fourth-order valence-electron chi connectivity index (χ4n) is 7.34. The first-order valence-corrected chi connectivity index (χ1v) is 18.4. The van der Waals surface area contributed by atoms with Crippen molar-refractivity contribution < 1.29 is 29.0 Å². The number of rotatable bonds is 13. The number of aromatic nitrogens is 2. The lowest BCUT2D eigenvalue weighted by molar-refractivity contribution is -0.141. The summed E-state index contributed by atoms with van der Waals surface area (Å²) in [5.41, 5.74) is 5.75. The number of nitrogens with zero attached hydrogens (tertiary/aromatic N) is 3. The first kappa shape index (κ1) is 36.6. The molecule has 4 N–H and O–H groups in total. The number of anilines is 1. The third-order valence-electron chi connectivity index (χ3n) is 10.1. The van der Waals surface area contributed by atoms with Crippen LogP contribution in [0.1, 0.15) is 64.4 Å². The fourth-order valence-corrected chi connectivity index (χ4v) is 7.88. The van der Waals surface area contributed by atoms with Gasteiger partial charge in [-0.2, -0.15) is 4.98 Å². The van der Waals surface area contributed by atoms with Crippen LogP contribution >= 0.6 is 23.2 Å². The molecule has 4 aromatic rings. The van der Waals surface area contributed by atoms with Crippen molar-refractivity contribution in [1.29, 1.82) is 0 Å². The standard InChI is InChI=1S/C39H40Cl2N6O6/c1-52-37-24(18-42-19-25-9-13-34(48)44-25)16-31(40)38(46-37)53-32-11-10-27-26(4-2-5-28(27)32)29-6-3-7-30(35(29)41)36(49)45-33-12-8-22(17-43-33)20-47-15-14-23(21-47)39(50)51/h2-8,12,16-17,23,25,32,42H,9-11,13-15,18-21H2,1H3,(H,44,48)(H,50,51)(H,43,45,49)/t23?,25?,32-/m0/s1. The van der Waals surface area contributed by atoms with E-state index in [0.29, 0.717) is 72.7 Å². The molecule has 4 heterocycles. The van der Waals surface area contributed by atoms with Crippen LogP contribution in [0.2, 0.25) is 10.0 Å². The third-order valence-corrected chi connectivity index (χ3v) is 10.7. The molecule has 2 fully saturated rings. The number of ether oxygens (including phenoxy) is 2. The number of aliphatic carboxylic acids is 1. The average Bonchev–Trinajstić information content (AvgIpc) is 3.90. The molecule has 1 aliphatic carbocycles. The zero-order valence-electron chi connectivity index (χ0n) is 29.2. The minimum Gasteiger partial charge on any atom is -0.481 e. The quantitative estimate of drug-likeness (QED) is 0.127. The van der Waals surface area contributed by atoms with Gasteiger partial charge in [-0.1, -0.05) is 59.6 Å². The molecule has 2 aromatic carbocycles. The van der Waals surface area contributed by atoms with Gasteiger partial charge in [0.25, 0.3) is 5.91 Å². The molecule has 0 saturated carbocycles. The first-order chi connectivity index (χ1) is 25.7. The second-order valence-electron chi connectivity index (χ2n) is 13.6. The van der Waals surface area contributed by atoms with Crippen molar-refractivity contribution in [2.45, 2.75) is 57.3 Å².